The van der Waals surface area contributed by atoms with E-state index in [0.717, 1.165) is 31.0 Å². The van der Waals surface area contributed by atoms with Crippen LogP contribution in [0.15, 0.2) is 12.4 Å². The Morgan fingerprint density at radius 2 is 2.12 bits per heavy atom. The van der Waals surface area contributed by atoms with E-state index in [4.69, 9.17) is 11.6 Å². The molecule has 2 heterocycles. The second-order valence-electron chi connectivity index (χ2n) is 4.08. The van der Waals surface area contributed by atoms with Crippen molar-refractivity contribution in [2.24, 2.45) is 0 Å². The maximum absolute atomic E-state index is 5.76. The molecule has 0 atom stereocenters. The zero-order valence-corrected chi connectivity index (χ0v) is 10.9. The van der Waals surface area contributed by atoms with Crippen molar-refractivity contribution in [2.75, 3.05) is 0 Å². The third kappa shape index (κ3) is 2.85. The fraction of sp³-hybridized carbons (Fsp3) is 0.545. The lowest BCUT2D eigenvalue weighted by molar-refractivity contribution is 0.510. The zero-order chi connectivity index (χ0) is 12.3. The molecule has 0 aromatic carbocycles. The van der Waals surface area contributed by atoms with Crippen LogP contribution in [0.25, 0.3) is 0 Å². The number of nitrogens with zero attached hydrogens (tertiary/aromatic N) is 5. The number of rotatable bonds is 5. The van der Waals surface area contributed by atoms with Gasteiger partial charge in [0.15, 0.2) is 0 Å². The van der Waals surface area contributed by atoms with Crippen LogP contribution in [0.5, 0.6) is 0 Å². The van der Waals surface area contributed by atoms with Crippen LogP contribution in [0.3, 0.4) is 0 Å². The number of hydrogen-bond donors (Lipinski definition) is 0. The summed E-state index contributed by atoms with van der Waals surface area (Å²) >= 11 is 5.76. The Bertz CT molecular complexity index is 488. The second-order valence-corrected chi connectivity index (χ2v) is 4.35. The van der Waals surface area contributed by atoms with Gasteiger partial charge in [0.1, 0.15) is 12.2 Å². The Morgan fingerprint density at radius 3 is 2.76 bits per heavy atom. The molecule has 2 aromatic rings. The van der Waals surface area contributed by atoms with Gasteiger partial charge < -0.3 is 4.57 Å². The molecule has 2 rings (SSSR count). The fourth-order valence-electron chi connectivity index (χ4n) is 1.86. The number of halogens is 1. The van der Waals surface area contributed by atoms with Gasteiger partial charge in [0.05, 0.1) is 11.6 Å². The minimum Gasteiger partial charge on any atom is -0.317 e. The van der Waals surface area contributed by atoms with Crippen LogP contribution in [0.2, 0.25) is 0 Å². The molecule has 0 fully saturated rings. The van der Waals surface area contributed by atoms with Gasteiger partial charge in [-0.25, -0.2) is 0 Å². The van der Waals surface area contributed by atoms with Gasteiger partial charge in [-0.3, -0.25) is 4.68 Å². The Hall–Kier alpha value is -1.36. The summed E-state index contributed by atoms with van der Waals surface area (Å²) in [5.41, 5.74) is 2.26. The Kier molecular flexibility index (Phi) is 3.78. The lowest BCUT2D eigenvalue weighted by atomic mass is 10.4. The van der Waals surface area contributed by atoms with Crippen LogP contribution in [0.4, 0.5) is 0 Å². The minimum absolute atomic E-state index is 0.403. The molecule has 17 heavy (non-hydrogen) atoms. The average Bonchev–Trinajstić information content (AvgIpc) is 2.86. The molecule has 0 saturated carbocycles. The second kappa shape index (κ2) is 5.31. The number of aryl methyl sites for hydroxylation is 4. The average molecular weight is 254 g/mol. The molecule has 92 valence electrons. The van der Waals surface area contributed by atoms with Crippen LogP contribution in [-0.4, -0.2) is 24.5 Å². The molecule has 0 aliphatic rings. The smallest absolute Gasteiger partial charge is 0.147 e. The summed E-state index contributed by atoms with van der Waals surface area (Å²) < 4.78 is 4.01. The SMILES string of the molecule is Cc1cc(C)n(CCCn2cnnc2CCl)n1. The summed E-state index contributed by atoms with van der Waals surface area (Å²) in [4.78, 5) is 0. The summed E-state index contributed by atoms with van der Waals surface area (Å²) in [7, 11) is 0. The quantitative estimate of drug-likeness (QED) is 0.765. The number of aromatic nitrogens is 5. The van der Waals surface area contributed by atoms with E-state index in [2.05, 4.69) is 28.3 Å². The topological polar surface area (TPSA) is 48.5 Å². The van der Waals surface area contributed by atoms with Crippen molar-refractivity contribution in [2.45, 2.75) is 39.2 Å². The van der Waals surface area contributed by atoms with E-state index in [-0.39, 0.29) is 0 Å². The first-order chi connectivity index (χ1) is 8.20. The van der Waals surface area contributed by atoms with Crippen LogP contribution < -0.4 is 0 Å². The first-order valence-electron chi connectivity index (χ1n) is 5.64. The van der Waals surface area contributed by atoms with E-state index >= 15 is 0 Å². The summed E-state index contributed by atoms with van der Waals surface area (Å²) in [6, 6.07) is 2.09. The molecule has 0 aliphatic carbocycles. The van der Waals surface area contributed by atoms with Gasteiger partial charge in [-0.05, 0) is 26.3 Å². The standard InChI is InChI=1S/C11H16ClN5/c1-9-6-10(2)17(15-9)5-3-4-16-8-13-14-11(16)7-12/h6,8H,3-5,7H2,1-2H3. The molecular formula is C11H16ClN5. The maximum atomic E-state index is 5.76. The highest BCUT2D eigenvalue weighted by atomic mass is 35.5. The molecule has 2 aromatic heterocycles. The van der Waals surface area contributed by atoms with Gasteiger partial charge in [-0.1, -0.05) is 0 Å². The third-order valence-corrected chi connectivity index (χ3v) is 2.93. The van der Waals surface area contributed by atoms with E-state index in [1.54, 1.807) is 6.33 Å². The van der Waals surface area contributed by atoms with Gasteiger partial charge in [0.2, 0.25) is 0 Å². The lowest BCUT2D eigenvalue weighted by Crippen LogP contribution is -2.08. The van der Waals surface area contributed by atoms with Crippen molar-refractivity contribution >= 4 is 11.6 Å². The zero-order valence-electron chi connectivity index (χ0n) is 10.1. The molecule has 0 unspecified atom stereocenters. The Labute approximate surface area is 105 Å². The van der Waals surface area contributed by atoms with Gasteiger partial charge in [0.25, 0.3) is 0 Å². The third-order valence-electron chi connectivity index (χ3n) is 2.69. The van der Waals surface area contributed by atoms with Crippen LogP contribution in [0.1, 0.15) is 23.6 Å². The fourth-order valence-corrected chi connectivity index (χ4v) is 2.07. The van der Waals surface area contributed by atoms with E-state index in [1.165, 1.54) is 5.69 Å². The first kappa shape index (κ1) is 12.1. The highest BCUT2D eigenvalue weighted by Crippen LogP contribution is 2.05. The Balaban J connectivity index is 1.89. The summed E-state index contributed by atoms with van der Waals surface area (Å²) in [5.74, 6) is 1.22. The van der Waals surface area contributed by atoms with Crippen molar-refractivity contribution in [3.63, 3.8) is 0 Å². The predicted octanol–water partition coefficient (Wildman–Crippen LogP) is 1.92. The van der Waals surface area contributed by atoms with Gasteiger partial charge in [-0.15, -0.1) is 21.8 Å². The summed E-state index contributed by atoms with van der Waals surface area (Å²) in [5, 5.41) is 12.2. The molecule has 6 heteroatoms. The molecule has 0 saturated heterocycles. The highest BCUT2D eigenvalue weighted by molar-refractivity contribution is 6.16. The van der Waals surface area contributed by atoms with Gasteiger partial charge in [0, 0.05) is 18.8 Å². The summed E-state index contributed by atoms with van der Waals surface area (Å²) in [6.45, 7) is 5.85. The van der Waals surface area contributed by atoms with E-state index < -0.39 is 0 Å². The number of hydrogen-bond acceptors (Lipinski definition) is 3. The van der Waals surface area contributed by atoms with Crippen molar-refractivity contribution in [3.8, 4) is 0 Å². The predicted molar refractivity (Wildman–Crippen MR) is 65.9 cm³/mol. The van der Waals surface area contributed by atoms with Crippen LogP contribution >= 0.6 is 11.6 Å². The molecule has 0 radical (unpaired) electrons. The maximum Gasteiger partial charge on any atom is 0.147 e. The Morgan fingerprint density at radius 1 is 1.29 bits per heavy atom. The molecular weight excluding hydrogens is 238 g/mol. The van der Waals surface area contributed by atoms with Crippen molar-refractivity contribution in [3.05, 3.63) is 29.6 Å². The number of alkyl halides is 1. The summed E-state index contributed by atoms with van der Waals surface area (Å²) in [6.07, 6.45) is 2.71. The lowest BCUT2D eigenvalue weighted by Gasteiger charge is -2.06. The van der Waals surface area contributed by atoms with Crippen LogP contribution in [0, 0.1) is 13.8 Å². The van der Waals surface area contributed by atoms with Crippen molar-refractivity contribution in [1.29, 1.82) is 0 Å². The van der Waals surface area contributed by atoms with E-state index in [1.807, 2.05) is 16.2 Å². The molecule has 5 nitrogen and oxygen atoms in total. The highest BCUT2D eigenvalue weighted by Gasteiger charge is 2.03. The molecule has 0 bridgehead atoms. The molecule has 0 N–H and O–H groups in total. The molecule has 0 aliphatic heterocycles. The molecule has 0 spiro atoms. The minimum atomic E-state index is 0.403. The van der Waals surface area contributed by atoms with Gasteiger partial charge >= 0.3 is 0 Å². The largest absolute Gasteiger partial charge is 0.317 e. The monoisotopic (exact) mass is 253 g/mol. The molecule has 0 amide bonds. The van der Waals surface area contributed by atoms with Crippen LogP contribution in [-0.2, 0) is 19.0 Å². The van der Waals surface area contributed by atoms with E-state index in [0.29, 0.717) is 5.88 Å². The normalized spacial score (nSPS) is 11.0. The first-order valence-corrected chi connectivity index (χ1v) is 6.18. The van der Waals surface area contributed by atoms with Crippen molar-refractivity contribution in [1.82, 2.24) is 24.5 Å². The van der Waals surface area contributed by atoms with Crippen molar-refractivity contribution < 1.29 is 0 Å². The van der Waals surface area contributed by atoms with Gasteiger partial charge in [-0.2, -0.15) is 5.10 Å². The van der Waals surface area contributed by atoms with E-state index in [9.17, 15) is 0 Å².